The summed E-state index contributed by atoms with van der Waals surface area (Å²) in [5.74, 6) is -1.23. The summed E-state index contributed by atoms with van der Waals surface area (Å²) < 4.78 is 31.5. The van der Waals surface area contributed by atoms with Crippen molar-refractivity contribution < 1.29 is 23.1 Å². The molecular formula is C12H19NO5S2. The Kier molecular flexibility index (Phi) is 6.12. The minimum atomic E-state index is -3.83. The Balaban J connectivity index is 3.21. The van der Waals surface area contributed by atoms with Crippen LogP contribution in [0.2, 0.25) is 0 Å². The summed E-state index contributed by atoms with van der Waals surface area (Å²) in [4.78, 5) is 10.8. The summed E-state index contributed by atoms with van der Waals surface area (Å²) in [7, 11) is -2.34. The van der Waals surface area contributed by atoms with Gasteiger partial charge in [-0.05, 0) is 24.8 Å². The first kappa shape index (κ1) is 17.1. The highest BCUT2D eigenvalue weighted by atomic mass is 32.2. The molecule has 0 aromatic carbocycles. The fraction of sp³-hybridized carbons (Fsp3) is 0.583. The normalized spacial score (nSPS) is 13.6. The largest absolute Gasteiger partial charge is 0.477 e. The Morgan fingerprint density at radius 3 is 2.70 bits per heavy atom. The molecule has 0 aliphatic carbocycles. The molecule has 6 nitrogen and oxygen atoms in total. The van der Waals surface area contributed by atoms with Gasteiger partial charge in [0.05, 0.1) is 6.61 Å². The highest BCUT2D eigenvalue weighted by Gasteiger charge is 2.32. The van der Waals surface area contributed by atoms with Crippen LogP contribution in [0, 0.1) is 0 Å². The Hall–Kier alpha value is -0.960. The van der Waals surface area contributed by atoms with Crippen molar-refractivity contribution in [1.29, 1.82) is 0 Å². The average Bonchev–Trinajstić information content (AvgIpc) is 2.88. The van der Waals surface area contributed by atoms with Crippen molar-refractivity contribution in [1.82, 2.24) is 4.31 Å². The number of carboxylic acid groups (broad SMARTS) is 1. The SMILES string of the molecule is CCC(C)N(CCOC)S(=O)(=O)c1ccsc1C(=O)O. The Labute approximate surface area is 123 Å². The fourth-order valence-corrected chi connectivity index (χ4v) is 4.67. The van der Waals surface area contributed by atoms with E-state index in [1.165, 1.54) is 22.9 Å². The van der Waals surface area contributed by atoms with Crippen molar-refractivity contribution in [2.45, 2.75) is 31.2 Å². The summed E-state index contributed by atoms with van der Waals surface area (Å²) >= 11 is 0.908. The molecule has 1 N–H and O–H groups in total. The molecule has 0 amide bonds. The van der Waals surface area contributed by atoms with E-state index in [0.29, 0.717) is 6.42 Å². The second-order valence-electron chi connectivity index (χ2n) is 4.28. The number of thiophene rings is 1. The lowest BCUT2D eigenvalue weighted by Gasteiger charge is -2.27. The van der Waals surface area contributed by atoms with Crippen molar-refractivity contribution >= 4 is 27.3 Å². The van der Waals surface area contributed by atoms with Crippen LogP contribution in [0.25, 0.3) is 0 Å². The van der Waals surface area contributed by atoms with Gasteiger partial charge in [-0.3, -0.25) is 0 Å². The second-order valence-corrected chi connectivity index (χ2v) is 7.06. The molecule has 0 radical (unpaired) electrons. The van der Waals surface area contributed by atoms with E-state index in [2.05, 4.69) is 0 Å². The maximum absolute atomic E-state index is 12.6. The molecule has 1 atom stereocenters. The average molecular weight is 321 g/mol. The molecule has 114 valence electrons. The zero-order chi connectivity index (χ0) is 15.3. The first-order valence-corrected chi connectivity index (χ1v) is 8.49. The van der Waals surface area contributed by atoms with Crippen LogP contribution in [-0.2, 0) is 14.8 Å². The monoisotopic (exact) mass is 321 g/mol. The molecule has 0 spiro atoms. The number of hydrogen-bond donors (Lipinski definition) is 1. The standard InChI is InChI=1S/C12H19NO5S2/c1-4-9(2)13(6-7-18-3)20(16,17)10-5-8-19-11(10)12(14)15/h5,8-9H,4,6-7H2,1-3H3,(H,14,15). The Morgan fingerprint density at radius 2 is 2.20 bits per heavy atom. The number of carbonyl (C=O) groups is 1. The van der Waals surface area contributed by atoms with Gasteiger partial charge < -0.3 is 9.84 Å². The van der Waals surface area contributed by atoms with Crippen LogP contribution in [-0.4, -0.2) is 50.1 Å². The van der Waals surface area contributed by atoms with Gasteiger partial charge in [0, 0.05) is 19.7 Å². The number of sulfonamides is 1. The molecule has 0 aliphatic rings. The minimum absolute atomic E-state index is 0.147. The van der Waals surface area contributed by atoms with Crippen LogP contribution in [0.3, 0.4) is 0 Å². The highest BCUT2D eigenvalue weighted by Crippen LogP contribution is 2.27. The first-order chi connectivity index (χ1) is 9.36. The van der Waals surface area contributed by atoms with Gasteiger partial charge in [-0.2, -0.15) is 4.31 Å². The second kappa shape index (κ2) is 7.16. The fourth-order valence-electron chi connectivity index (χ4n) is 1.75. The van der Waals surface area contributed by atoms with Gasteiger partial charge in [0.15, 0.2) is 0 Å². The maximum Gasteiger partial charge on any atom is 0.347 e. The zero-order valence-corrected chi connectivity index (χ0v) is 13.3. The van der Waals surface area contributed by atoms with E-state index in [1.807, 2.05) is 6.92 Å². The lowest BCUT2D eigenvalue weighted by Crippen LogP contribution is -2.40. The quantitative estimate of drug-likeness (QED) is 0.790. The van der Waals surface area contributed by atoms with E-state index in [-0.39, 0.29) is 29.0 Å². The number of ether oxygens (including phenoxy) is 1. The van der Waals surface area contributed by atoms with Crippen LogP contribution in [0.4, 0.5) is 0 Å². The molecular weight excluding hydrogens is 302 g/mol. The van der Waals surface area contributed by atoms with Gasteiger partial charge >= 0.3 is 5.97 Å². The topological polar surface area (TPSA) is 83.9 Å². The molecule has 0 bridgehead atoms. The molecule has 0 aliphatic heterocycles. The van der Waals surface area contributed by atoms with Crippen molar-refractivity contribution in [3.05, 3.63) is 16.3 Å². The summed E-state index contributed by atoms with van der Waals surface area (Å²) in [6, 6.07) is 1.11. The Bertz CT molecular complexity index is 552. The van der Waals surface area contributed by atoms with Crippen LogP contribution in [0.5, 0.6) is 0 Å². The third kappa shape index (κ3) is 3.57. The molecule has 8 heteroatoms. The number of nitrogens with zero attached hydrogens (tertiary/aromatic N) is 1. The van der Waals surface area contributed by atoms with Gasteiger partial charge in [0.25, 0.3) is 0 Å². The van der Waals surface area contributed by atoms with Crippen molar-refractivity contribution in [3.8, 4) is 0 Å². The molecule has 1 rings (SSSR count). The van der Waals surface area contributed by atoms with Gasteiger partial charge in [-0.25, -0.2) is 13.2 Å². The Morgan fingerprint density at radius 1 is 1.55 bits per heavy atom. The number of methoxy groups -OCH3 is 1. The zero-order valence-electron chi connectivity index (χ0n) is 11.7. The molecule has 20 heavy (non-hydrogen) atoms. The first-order valence-electron chi connectivity index (χ1n) is 6.17. The third-order valence-electron chi connectivity index (χ3n) is 3.01. The number of carboxylic acids is 1. The van der Waals surface area contributed by atoms with Crippen LogP contribution < -0.4 is 0 Å². The third-order valence-corrected chi connectivity index (χ3v) is 6.10. The number of aromatic carboxylic acids is 1. The van der Waals surface area contributed by atoms with Crippen molar-refractivity contribution in [2.24, 2.45) is 0 Å². The predicted octanol–water partition coefficient (Wildman–Crippen LogP) is 1.88. The predicted molar refractivity (Wildman–Crippen MR) is 76.8 cm³/mol. The highest BCUT2D eigenvalue weighted by molar-refractivity contribution is 7.89. The van der Waals surface area contributed by atoms with Crippen LogP contribution in [0.15, 0.2) is 16.3 Å². The van der Waals surface area contributed by atoms with Gasteiger partial charge in [-0.1, -0.05) is 6.92 Å². The molecule has 1 unspecified atom stereocenters. The molecule has 1 aromatic heterocycles. The molecule has 0 fully saturated rings. The summed E-state index contributed by atoms with van der Waals surface area (Å²) in [5, 5.41) is 10.5. The van der Waals surface area contributed by atoms with Crippen molar-refractivity contribution in [3.63, 3.8) is 0 Å². The van der Waals surface area contributed by atoms with Crippen molar-refractivity contribution in [2.75, 3.05) is 20.3 Å². The molecule has 1 aromatic rings. The lowest BCUT2D eigenvalue weighted by molar-refractivity contribution is 0.0698. The minimum Gasteiger partial charge on any atom is -0.477 e. The van der Waals surface area contributed by atoms with Gasteiger partial charge in [-0.15, -0.1) is 11.3 Å². The summed E-state index contributed by atoms with van der Waals surface area (Å²) in [6.45, 7) is 4.13. The molecule has 0 saturated carbocycles. The van der Waals surface area contributed by atoms with E-state index < -0.39 is 16.0 Å². The van der Waals surface area contributed by atoms with Gasteiger partial charge in [0.1, 0.15) is 9.77 Å². The summed E-state index contributed by atoms with van der Waals surface area (Å²) in [6.07, 6.45) is 0.634. The van der Waals surface area contributed by atoms with Crippen LogP contribution in [0.1, 0.15) is 29.9 Å². The van der Waals surface area contributed by atoms with E-state index in [4.69, 9.17) is 9.84 Å². The summed E-state index contributed by atoms with van der Waals surface area (Å²) in [5.41, 5.74) is 0. The number of rotatable bonds is 8. The van der Waals surface area contributed by atoms with E-state index >= 15 is 0 Å². The van der Waals surface area contributed by atoms with E-state index in [1.54, 1.807) is 6.92 Å². The van der Waals surface area contributed by atoms with Crippen LogP contribution >= 0.6 is 11.3 Å². The van der Waals surface area contributed by atoms with Gasteiger partial charge in [0.2, 0.25) is 10.0 Å². The maximum atomic E-state index is 12.6. The number of hydrogen-bond acceptors (Lipinski definition) is 5. The molecule has 1 heterocycles. The van der Waals surface area contributed by atoms with E-state index in [9.17, 15) is 13.2 Å². The smallest absolute Gasteiger partial charge is 0.347 e. The van der Waals surface area contributed by atoms with E-state index in [0.717, 1.165) is 11.3 Å². The molecule has 0 saturated heterocycles. The lowest BCUT2D eigenvalue weighted by atomic mass is 10.3.